The summed E-state index contributed by atoms with van der Waals surface area (Å²) in [6, 6.07) is 11.2. The van der Waals surface area contributed by atoms with Crippen LogP contribution in [0.1, 0.15) is 0 Å². The lowest BCUT2D eigenvalue weighted by molar-refractivity contribution is 0.179. The topological polar surface area (TPSA) is 43.4 Å². The molecule has 24 heavy (non-hydrogen) atoms. The van der Waals surface area contributed by atoms with Crippen molar-refractivity contribution >= 4 is 0 Å². The number of pyridine rings is 1. The van der Waals surface area contributed by atoms with Crippen molar-refractivity contribution in [1.29, 1.82) is 0 Å². The molecule has 1 aromatic heterocycles. The van der Waals surface area contributed by atoms with Crippen LogP contribution in [-0.4, -0.2) is 25.1 Å². The second-order valence-electron chi connectivity index (χ2n) is 5.07. The van der Waals surface area contributed by atoms with E-state index in [2.05, 4.69) is 10.3 Å². The smallest absolute Gasteiger partial charge is 0.277 e. The Balaban J connectivity index is 1.91. The SMILES string of the molecule is COc1ccccc1-c1cccnc1OC1=CC=C(C(F)F)NC1. The molecule has 3 rings (SSSR count). The van der Waals surface area contributed by atoms with Gasteiger partial charge in [-0.05, 0) is 30.4 Å². The van der Waals surface area contributed by atoms with Crippen LogP contribution in [0.3, 0.4) is 0 Å². The molecule has 2 aromatic rings. The van der Waals surface area contributed by atoms with Gasteiger partial charge in [0.05, 0.1) is 19.4 Å². The molecule has 1 aromatic carbocycles. The highest BCUT2D eigenvalue weighted by Gasteiger charge is 2.17. The fraction of sp³-hybridized carbons (Fsp3) is 0.167. The van der Waals surface area contributed by atoms with Crippen LogP contribution in [-0.2, 0) is 0 Å². The lowest BCUT2D eigenvalue weighted by atomic mass is 10.1. The number of hydrogen-bond donors (Lipinski definition) is 1. The summed E-state index contributed by atoms with van der Waals surface area (Å²) in [5.41, 5.74) is 1.49. The zero-order chi connectivity index (χ0) is 16.9. The van der Waals surface area contributed by atoms with Crippen LogP contribution in [0.4, 0.5) is 8.78 Å². The number of methoxy groups -OCH3 is 1. The van der Waals surface area contributed by atoms with E-state index in [9.17, 15) is 8.78 Å². The normalized spacial score (nSPS) is 13.8. The van der Waals surface area contributed by atoms with Gasteiger partial charge in [0.2, 0.25) is 5.88 Å². The molecule has 0 radical (unpaired) electrons. The zero-order valence-corrected chi connectivity index (χ0v) is 13.0. The monoisotopic (exact) mass is 330 g/mol. The molecule has 2 heterocycles. The molecule has 6 heteroatoms. The van der Waals surface area contributed by atoms with Crippen molar-refractivity contribution in [1.82, 2.24) is 10.3 Å². The van der Waals surface area contributed by atoms with Gasteiger partial charge in [-0.1, -0.05) is 18.2 Å². The van der Waals surface area contributed by atoms with Crippen molar-refractivity contribution in [2.24, 2.45) is 0 Å². The van der Waals surface area contributed by atoms with Crippen LogP contribution in [0.5, 0.6) is 11.6 Å². The number of nitrogens with zero attached hydrogens (tertiary/aromatic N) is 1. The van der Waals surface area contributed by atoms with E-state index in [-0.39, 0.29) is 12.2 Å². The van der Waals surface area contributed by atoms with Crippen LogP contribution < -0.4 is 14.8 Å². The molecule has 0 atom stereocenters. The Labute approximate surface area is 138 Å². The Morgan fingerprint density at radius 1 is 1.08 bits per heavy atom. The average Bonchev–Trinajstić information content (AvgIpc) is 2.62. The quantitative estimate of drug-likeness (QED) is 0.906. The number of benzene rings is 1. The number of dihydropyridines is 1. The largest absolute Gasteiger partial charge is 0.496 e. The van der Waals surface area contributed by atoms with Gasteiger partial charge in [-0.25, -0.2) is 13.8 Å². The first kappa shape index (κ1) is 16.0. The summed E-state index contributed by atoms with van der Waals surface area (Å²) in [6.45, 7) is 0.179. The van der Waals surface area contributed by atoms with Gasteiger partial charge in [0.1, 0.15) is 11.5 Å². The summed E-state index contributed by atoms with van der Waals surface area (Å²) in [7, 11) is 1.60. The number of hydrogen-bond acceptors (Lipinski definition) is 4. The van der Waals surface area contributed by atoms with Crippen molar-refractivity contribution in [3.63, 3.8) is 0 Å². The van der Waals surface area contributed by atoms with Gasteiger partial charge >= 0.3 is 0 Å². The Morgan fingerprint density at radius 2 is 1.88 bits per heavy atom. The number of aromatic nitrogens is 1. The minimum Gasteiger partial charge on any atom is -0.496 e. The Hall–Kier alpha value is -2.89. The minimum atomic E-state index is -2.53. The summed E-state index contributed by atoms with van der Waals surface area (Å²) in [6.07, 6.45) is 1.93. The number of nitrogens with one attached hydrogen (secondary N) is 1. The molecule has 0 saturated carbocycles. The molecule has 0 spiro atoms. The van der Waals surface area contributed by atoms with Crippen molar-refractivity contribution in [2.75, 3.05) is 13.7 Å². The third-order valence-corrected chi connectivity index (χ3v) is 3.55. The van der Waals surface area contributed by atoms with Crippen LogP contribution in [0.2, 0.25) is 0 Å². The van der Waals surface area contributed by atoms with E-state index in [1.54, 1.807) is 19.4 Å². The van der Waals surface area contributed by atoms with E-state index in [1.165, 1.54) is 12.2 Å². The fourth-order valence-electron chi connectivity index (χ4n) is 2.38. The molecule has 1 aliphatic rings. The number of halogens is 2. The van der Waals surface area contributed by atoms with Gasteiger partial charge in [0.25, 0.3) is 6.43 Å². The van der Waals surface area contributed by atoms with Crippen molar-refractivity contribution in [3.05, 3.63) is 66.2 Å². The first-order chi connectivity index (χ1) is 11.7. The van der Waals surface area contributed by atoms with E-state index in [1.807, 2.05) is 30.3 Å². The third-order valence-electron chi connectivity index (χ3n) is 3.55. The molecular weight excluding hydrogens is 314 g/mol. The van der Waals surface area contributed by atoms with Crippen LogP contribution in [0.25, 0.3) is 11.1 Å². The highest BCUT2D eigenvalue weighted by Crippen LogP contribution is 2.35. The van der Waals surface area contributed by atoms with Gasteiger partial charge in [-0.15, -0.1) is 0 Å². The maximum Gasteiger partial charge on any atom is 0.277 e. The molecular formula is C18H16F2N2O2. The Bertz CT molecular complexity index is 788. The van der Waals surface area contributed by atoms with Gasteiger partial charge < -0.3 is 14.8 Å². The number of para-hydroxylation sites is 1. The lowest BCUT2D eigenvalue weighted by Gasteiger charge is -2.18. The molecule has 4 nitrogen and oxygen atoms in total. The van der Waals surface area contributed by atoms with Gasteiger partial charge in [0, 0.05) is 17.3 Å². The minimum absolute atomic E-state index is 0.117. The average molecular weight is 330 g/mol. The maximum atomic E-state index is 12.6. The molecule has 0 unspecified atom stereocenters. The van der Waals surface area contributed by atoms with E-state index in [0.29, 0.717) is 17.4 Å². The highest BCUT2D eigenvalue weighted by molar-refractivity contribution is 5.74. The fourth-order valence-corrected chi connectivity index (χ4v) is 2.38. The van der Waals surface area contributed by atoms with Crippen molar-refractivity contribution in [2.45, 2.75) is 6.43 Å². The summed E-state index contributed by atoms with van der Waals surface area (Å²) < 4.78 is 36.4. The van der Waals surface area contributed by atoms with Gasteiger partial charge in [0.15, 0.2) is 0 Å². The molecule has 1 aliphatic heterocycles. The zero-order valence-electron chi connectivity index (χ0n) is 13.0. The molecule has 0 saturated heterocycles. The van der Waals surface area contributed by atoms with E-state index in [0.717, 1.165) is 11.1 Å². The Kier molecular flexibility index (Phi) is 4.74. The molecule has 1 N–H and O–H groups in total. The first-order valence-corrected chi connectivity index (χ1v) is 7.38. The number of rotatable bonds is 5. The van der Waals surface area contributed by atoms with Crippen molar-refractivity contribution in [3.8, 4) is 22.8 Å². The summed E-state index contributed by atoms with van der Waals surface area (Å²) in [5.74, 6) is 1.60. The standard InChI is InChI=1S/C18H16F2N2O2/c1-23-16-7-3-2-5-13(16)14-6-4-10-21-18(14)24-12-8-9-15(17(19)20)22-11-12/h2-10,17,22H,11H2,1H3. The second-order valence-corrected chi connectivity index (χ2v) is 5.07. The number of ether oxygens (including phenoxy) is 2. The molecule has 0 aliphatic carbocycles. The van der Waals surface area contributed by atoms with Crippen LogP contribution in [0.15, 0.2) is 66.2 Å². The van der Waals surface area contributed by atoms with E-state index >= 15 is 0 Å². The summed E-state index contributed by atoms with van der Waals surface area (Å²) >= 11 is 0. The predicted molar refractivity (Wildman–Crippen MR) is 87.0 cm³/mol. The lowest BCUT2D eigenvalue weighted by Crippen LogP contribution is -2.26. The summed E-state index contributed by atoms with van der Waals surface area (Å²) in [4.78, 5) is 4.26. The molecule has 0 bridgehead atoms. The van der Waals surface area contributed by atoms with E-state index < -0.39 is 6.43 Å². The molecule has 124 valence electrons. The van der Waals surface area contributed by atoms with Crippen molar-refractivity contribution < 1.29 is 18.3 Å². The maximum absolute atomic E-state index is 12.6. The molecule has 0 amide bonds. The number of allylic oxidation sites excluding steroid dienone is 3. The third kappa shape index (κ3) is 3.37. The first-order valence-electron chi connectivity index (χ1n) is 7.38. The molecule has 0 fully saturated rings. The highest BCUT2D eigenvalue weighted by atomic mass is 19.3. The van der Waals surface area contributed by atoms with Crippen LogP contribution in [0, 0.1) is 0 Å². The predicted octanol–water partition coefficient (Wildman–Crippen LogP) is 3.77. The summed E-state index contributed by atoms with van der Waals surface area (Å²) in [5, 5.41) is 2.64. The second kappa shape index (κ2) is 7.12. The van der Waals surface area contributed by atoms with E-state index in [4.69, 9.17) is 9.47 Å². The Morgan fingerprint density at radius 3 is 2.58 bits per heavy atom. The van der Waals surface area contributed by atoms with Gasteiger partial charge in [-0.2, -0.15) is 0 Å². The van der Waals surface area contributed by atoms with Gasteiger partial charge in [-0.3, -0.25) is 0 Å². The van der Waals surface area contributed by atoms with Crippen LogP contribution >= 0.6 is 0 Å². The number of alkyl halides is 2.